The van der Waals surface area contributed by atoms with Gasteiger partial charge in [0.05, 0.1) is 12.1 Å². The summed E-state index contributed by atoms with van der Waals surface area (Å²) in [5, 5.41) is 0.795. The van der Waals surface area contributed by atoms with Crippen LogP contribution >= 0.6 is 46.0 Å². The first-order chi connectivity index (χ1) is 8.19. The van der Waals surface area contributed by atoms with Crippen LogP contribution in [0, 0.1) is 3.57 Å². The van der Waals surface area contributed by atoms with Crippen molar-refractivity contribution in [2.24, 2.45) is 0 Å². The van der Waals surface area contributed by atoms with Gasteiger partial charge in [0.15, 0.2) is 0 Å². The van der Waals surface area contributed by atoms with Crippen molar-refractivity contribution in [3.05, 3.63) is 51.1 Å². The molecule has 17 heavy (non-hydrogen) atoms. The van der Waals surface area contributed by atoms with Gasteiger partial charge in [-0.15, -0.1) is 0 Å². The molecule has 0 radical (unpaired) electrons. The van der Waals surface area contributed by atoms with Crippen molar-refractivity contribution < 1.29 is 4.74 Å². The van der Waals surface area contributed by atoms with Gasteiger partial charge >= 0.3 is 0 Å². The number of ether oxygens (including phenoxy) is 1. The molecule has 88 valence electrons. The fourth-order valence-electron chi connectivity index (χ4n) is 1.32. The van der Waals surface area contributed by atoms with Crippen LogP contribution < -0.4 is 4.74 Å². The largest absolute Gasteiger partial charge is 0.497 e. The van der Waals surface area contributed by atoms with Crippen molar-refractivity contribution in [3.63, 3.8) is 0 Å². The van der Waals surface area contributed by atoms with E-state index in [9.17, 15) is 0 Å². The summed E-state index contributed by atoms with van der Waals surface area (Å²) in [5.74, 6) is 0.870. The lowest BCUT2D eigenvalue weighted by molar-refractivity contribution is 0.414. The minimum Gasteiger partial charge on any atom is -0.497 e. The molecule has 0 spiro atoms. The summed E-state index contributed by atoms with van der Waals surface area (Å²) < 4.78 is 6.20. The third-order valence-corrected chi connectivity index (χ3v) is 4.76. The Balaban J connectivity index is 2.16. The molecule has 0 saturated heterocycles. The Kier molecular flexibility index (Phi) is 4.59. The Morgan fingerprint density at radius 3 is 2.29 bits per heavy atom. The minimum atomic E-state index is 0.795. The van der Waals surface area contributed by atoms with Crippen LogP contribution in [0.15, 0.2) is 52.3 Å². The molecular weight excluding hydrogens is 367 g/mol. The average Bonchev–Trinajstić information content (AvgIpc) is 2.35. The second-order valence-electron chi connectivity index (χ2n) is 3.35. The van der Waals surface area contributed by atoms with Crippen molar-refractivity contribution in [2.75, 3.05) is 7.11 Å². The molecular formula is C13H10ClIOS. The van der Waals surface area contributed by atoms with Crippen molar-refractivity contribution in [1.82, 2.24) is 0 Å². The first kappa shape index (κ1) is 13.1. The Morgan fingerprint density at radius 2 is 1.71 bits per heavy atom. The van der Waals surface area contributed by atoms with Crippen LogP contribution in [-0.4, -0.2) is 7.11 Å². The number of hydrogen-bond acceptors (Lipinski definition) is 2. The smallest absolute Gasteiger partial charge is 0.118 e. The van der Waals surface area contributed by atoms with E-state index in [1.165, 1.54) is 4.90 Å². The van der Waals surface area contributed by atoms with Gasteiger partial charge in [-0.05, 0) is 65.1 Å². The normalized spacial score (nSPS) is 10.3. The highest BCUT2D eigenvalue weighted by atomic mass is 127. The van der Waals surface area contributed by atoms with Gasteiger partial charge in [-0.25, -0.2) is 0 Å². The molecule has 0 N–H and O–H groups in total. The van der Waals surface area contributed by atoms with Gasteiger partial charge in [-0.3, -0.25) is 0 Å². The molecule has 2 aromatic rings. The van der Waals surface area contributed by atoms with E-state index in [0.717, 1.165) is 19.2 Å². The highest BCUT2D eigenvalue weighted by Gasteiger charge is 2.01. The summed E-state index contributed by atoms with van der Waals surface area (Å²) in [4.78, 5) is 2.31. The van der Waals surface area contributed by atoms with Crippen LogP contribution in [0.4, 0.5) is 0 Å². The summed E-state index contributed by atoms with van der Waals surface area (Å²) in [6, 6.07) is 14.1. The van der Waals surface area contributed by atoms with Crippen molar-refractivity contribution >= 4 is 46.0 Å². The van der Waals surface area contributed by atoms with Gasteiger partial charge < -0.3 is 4.74 Å². The number of methoxy groups -OCH3 is 1. The van der Waals surface area contributed by atoms with Crippen LogP contribution in [0.25, 0.3) is 0 Å². The molecule has 0 unspecified atom stereocenters. The molecule has 0 amide bonds. The quantitative estimate of drug-likeness (QED) is 0.689. The Hall–Kier alpha value is -0.390. The monoisotopic (exact) mass is 376 g/mol. The summed E-state index contributed by atoms with van der Waals surface area (Å²) in [5.41, 5.74) is 0. The summed E-state index contributed by atoms with van der Waals surface area (Å²) in [6.07, 6.45) is 0. The summed E-state index contributed by atoms with van der Waals surface area (Å²) in [6.45, 7) is 0. The zero-order chi connectivity index (χ0) is 12.3. The Morgan fingerprint density at radius 1 is 1.06 bits per heavy atom. The molecule has 0 heterocycles. The number of rotatable bonds is 3. The SMILES string of the molecule is COc1ccc(Sc2ccc(I)c(Cl)c2)cc1. The van der Waals surface area contributed by atoms with Crippen LogP contribution in [-0.2, 0) is 0 Å². The number of benzene rings is 2. The predicted molar refractivity (Wildman–Crippen MR) is 81.3 cm³/mol. The highest BCUT2D eigenvalue weighted by molar-refractivity contribution is 14.1. The van der Waals surface area contributed by atoms with Gasteiger partial charge in [0.25, 0.3) is 0 Å². The molecule has 0 atom stereocenters. The van der Waals surface area contributed by atoms with E-state index in [1.807, 2.05) is 36.4 Å². The van der Waals surface area contributed by atoms with Gasteiger partial charge in [0.1, 0.15) is 5.75 Å². The van der Waals surface area contributed by atoms with Crippen molar-refractivity contribution in [2.45, 2.75) is 9.79 Å². The van der Waals surface area contributed by atoms with Crippen LogP contribution in [0.3, 0.4) is 0 Å². The molecule has 0 aromatic heterocycles. The highest BCUT2D eigenvalue weighted by Crippen LogP contribution is 2.32. The Bertz CT molecular complexity index is 513. The second kappa shape index (κ2) is 5.98. The van der Waals surface area contributed by atoms with E-state index in [2.05, 4.69) is 28.7 Å². The number of halogens is 2. The zero-order valence-electron chi connectivity index (χ0n) is 9.11. The fourth-order valence-corrected chi connectivity index (χ4v) is 2.76. The molecule has 0 aliphatic carbocycles. The summed E-state index contributed by atoms with van der Waals surface area (Å²) >= 11 is 10.00. The van der Waals surface area contributed by atoms with E-state index in [0.29, 0.717) is 0 Å². The van der Waals surface area contributed by atoms with Gasteiger partial charge in [0, 0.05) is 13.4 Å². The second-order valence-corrected chi connectivity index (χ2v) is 6.07. The van der Waals surface area contributed by atoms with E-state index in [-0.39, 0.29) is 0 Å². The molecule has 0 aliphatic heterocycles. The van der Waals surface area contributed by atoms with E-state index in [4.69, 9.17) is 16.3 Å². The van der Waals surface area contributed by atoms with Crippen molar-refractivity contribution in [1.29, 1.82) is 0 Å². The molecule has 0 saturated carbocycles. The molecule has 0 aliphatic rings. The van der Waals surface area contributed by atoms with Crippen LogP contribution in [0.2, 0.25) is 5.02 Å². The maximum absolute atomic E-state index is 6.09. The van der Waals surface area contributed by atoms with Gasteiger partial charge in [0.2, 0.25) is 0 Å². The Labute approximate surface area is 124 Å². The number of hydrogen-bond donors (Lipinski definition) is 0. The average molecular weight is 377 g/mol. The predicted octanol–water partition coefficient (Wildman–Crippen LogP) is 5.10. The van der Waals surface area contributed by atoms with E-state index >= 15 is 0 Å². The first-order valence-corrected chi connectivity index (χ1v) is 7.23. The van der Waals surface area contributed by atoms with Crippen molar-refractivity contribution in [3.8, 4) is 5.75 Å². The maximum atomic E-state index is 6.09. The molecule has 1 nitrogen and oxygen atoms in total. The maximum Gasteiger partial charge on any atom is 0.118 e. The topological polar surface area (TPSA) is 9.23 Å². The lowest BCUT2D eigenvalue weighted by Crippen LogP contribution is -1.81. The molecule has 4 heteroatoms. The van der Waals surface area contributed by atoms with E-state index < -0.39 is 0 Å². The van der Waals surface area contributed by atoms with Crippen LogP contribution in [0.1, 0.15) is 0 Å². The summed E-state index contributed by atoms with van der Waals surface area (Å²) in [7, 11) is 1.67. The zero-order valence-corrected chi connectivity index (χ0v) is 12.8. The third kappa shape index (κ3) is 3.53. The van der Waals surface area contributed by atoms with Gasteiger partial charge in [-0.1, -0.05) is 23.4 Å². The molecule has 0 fully saturated rings. The molecule has 2 aromatic carbocycles. The lowest BCUT2D eigenvalue weighted by atomic mass is 10.3. The fraction of sp³-hybridized carbons (Fsp3) is 0.0769. The van der Waals surface area contributed by atoms with E-state index in [1.54, 1.807) is 18.9 Å². The minimum absolute atomic E-state index is 0.795. The molecule has 0 bridgehead atoms. The first-order valence-electron chi connectivity index (χ1n) is 4.96. The van der Waals surface area contributed by atoms with Gasteiger partial charge in [-0.2, -0.15) is 0 Å². The molecule has 2 rings (SSSR count). The standard InChI is InChI=1S/C13H10ClIOS/c1-16-9-2-4-10(5-3-9)17-11-6-7-13(15)12(14)8-11/h2-8H,1H3. The lowest BCUT2D eigenvalue weighted by Gasteiger charge is -2.04. The third-order valence-electron chi connectivity index (χ3n) is 2.19. The van der Waals surface area contributed by atoms with Crippen LogP contribution in [0.5, 0.6) is 5.75 Å².